The maximum Gasteiger partial charge on any atom is 0.116 e. The normalized spacial score (nSPS) is 12.4. The van der Waals surface area contributed by atoms with Crippen LogP contribution in [0.4, 0.5) is 0 Å². The standard InChI is InChI=1S/C14H16ClN3S/c1-2-12(16)8-10-7-11(15)3-4-13(10)19-14-5-6-17-9-18-14/h3-7,9,12H,2,8,16H2,1H3. The van der Waals surface area contributed by atoms with Crippen LogP contribution < -0.4 is 5.73 Å². The van der Waals surface area contributed by atoms with Crippen LogP contribution in [0.25, 0.3) is 0 Å². The fourth-order valence-corrected chi connectivity index (χ4v) is 2.74. The van der Waals surface area contributed by atoms with E-state index in [-0.39, 0.29) is 6.04 Å². The molecule has 2 aromatic rings. The van der Waals surface area contributed by atoms with Gasteiger partial charge in [0.1, 0.15) is 11.4 Å². The highest BCUT2D eigenvalue weighted by Gasteiger charge is 2.09. The third-order valence-corrected chi connectivity index (χ3v) is 4.10. The zero-order valence-corrected chi connectivity index (χ0v) is 12.3. The Morgan fingerprint density at radius 2 is 2.21 bits per heavy atom. The maximum absolute atomic E-state index is 6.07. The molecule has 100 valence electrons. The van der Waals surface area contributed by atoms with Gasteiger partial charge in [0.05, 0.1) is 0 Å². The van der Waals surface area contributed by atoms with Gasteiger partial charge in [-0.15, -0.1) is 0 Å². The molecule has 5 heteroatoms. The van der Waals surface area contributed by atoms with Crippen molar-refractivity contribution in [2.45, 2.75) is 35.7 Å². The van der Waals surface area contributed by atoms with E-state index in [1.54, 1.807) is 24.3 Å². The molecular weight excluding hydrogens is 278 g/mol. The molecule has 0 spiro atoms. The van der Waals surface area contributed by atoms with Crippen LogP contribution in [0.1, 0.15) is 18.9 Å². The van der Waals surface area contributed by atoms with Crippen LogP contribution in [-0.2, 0) is 6.42 Å². The van der Waals surface area contributed by atoms with Gasteiger partial charge in [-0.2, -0.15) is 0 Å². The third kappa shape index (κ3) is 4.20. The summed E-state index contributed by atoms with van der Waals surface area (Å²) in [6.07, 6.45) is 5.06. The van der Waals surface area contributed by atoms with E-state index >= 15 is 0 Å². The van der Waals surface area contributed by atoms with Crippen LogP contribution in [0.3, 0.4) is 0 Å². The zero-order chi connectivity index (χ0) is 13.7. The third-order valence-electron chi connectivity index (χ3n) is 2.80. The Balaban J connectivity index is 2.24. The minimum absolute atomic E-state index is 0.156. The van der Waals surface area contributed by atoms with E-state index in [1.165, 1.54) is 5.56 Å². The van der Waals surface area contributed by atoms with E-state index in [0.29, 0.717) is 0 Å². The number of hydrogen-bond donors (Lipinski definition) is 1. The van der Waals surface area contributed by atoms with Crippen molar-refractivity contribution < 1.29 is 0 Å². The van der Waals surface area contributed by atoms with E-state index in [9.17, 15) is 0 Å². The molecule has 3 nitrogen and oxygen atoms in total. The number of rotatable bonds is 5. The minimum Gasteiger partial charge on any atom is -0.327 e. The Hall–Kier alpha value is -1.10. The highest BCUT2D eigenvalue weighted by molar-refractivity contribution is 7.99. The molecule has 2 N–H and O–H groups in total. The van der Waals surface area contributed by atoms with Crippen LogP contribution in [0.15, 0.2) is 46.7 Å². The lowest BCUT2D eigenvalue weighted by atomic mass is 10.0. The molecule has 0 aliphatic carbocycles. The number of nitrogens with zero attached hydrogens (tertiary/aromatic N) is 2. The molecular formula is C14H16ClN3S. The Labute approximate surface area is 122 Å². The maximum atomic E-state index is 6.07. The molecule has 1 unspecified atom stereocenters. The molecule has 0 amide bonds. The van der Waals surface area contributed by atoms with Gasteiger partial charge in [0, 0.05) is 22.2 Å². The summed E-state index contributed by atoms with van der Waals surface area (Å²) < 4.78 is 0. The van der Waals surface area contributed by atoms with Gasteiger partial charge in [-0.05, 0) is 42.7 Å². The Kier molecular flexibility index (Phi) is 5.19. The van der Waals surface area contributed by atoms with E-state index in [0.717, 1.165) is 27.8 Å². The second-order valence-electron chi connectivity index (χ2n) is 4.27. The lowest BCUT2D eigenvalue weighted by Crippen LogP contribution is -2.21. The van der Waals surface area contributed by atoms with Crippen molar-refractivity contribution in [2.24, 2.45) is 5.73 Å². The van der Waals surface area contributed by atoms with Gasteiger partial charge in [0.15, 0.2) is 0 Å². The van der Waals surface area contributed by atoms with Crippen molar-refractivity contribution in [2.75, 3.05) is 0 Å². The molecule has 2 rings (SSSR count). The van der Waals surface area contributed by atoms with E-state index in [2.05, 4.69) is 16.9 Å². The highest BCUT2D eigenvalue weighted by Crippen LogP contribution is 2.31. The van der Waals surface area contributed by atoms with Crippen molar-refractivity contribution in [1.29, 1.82) is 0 Å². The first-order valence-corrected chi connectivity index (χ1v) is 7.36. The first-order valence-electron chi connectivity index (χ1n) is 6.17. The van der Waals surface area contributed by atoms with Crippen LogP contribution in [0, 0.1) is 0 Å². The lowest BCUT2D eigenvalue weighted by molar-refractivity contribution is 0.641. The second kappa shape index (κ2) is 6.89. The Bertz CT molecular complexity index is 533. The summed E-state index contributed by atoms with van der Waals surface area (Å²) in [5.41, 5.74) is 7.21. The van der Waals surface area contributed by atoms with Crippen LogP contribution in [-0.4, -0.2) is 16.0 Å². The highest BCUT2D eigenvalue weighted by atomic mass is 35.5. The monoisotopic (exact) mass is 293 g/mol. The molecule has 0 radical (unpaired) electrons. The van der Waals surface area contributed by atoms with Crippen LogP contribution >= 0.6 is 23.4 Å². The first kappa shape index (κ1) is 14.3. The summed E-state index contributed by atoms with van der Waals surface area (Å²) in [6.45, 7) is 2.09. The van der Waals surface area contributed by atoms with Crippen molar-refractivity contribution >= 4 is 23.4 Å². The Morgan fingerprint density at radius 3 is 2.89 bits per heavy atom. The van der Waals surface area contributed by atoms with Gasteiger partial charge in [-0.3, -0.25) is 0 Å². The van der Waals surface area contributed by atoms with Crippen molar-refractivity contribution in [3.63, 3.8) is 0 Å². The predicted octanol–water partition coefficient (Wildman–Crippen LogP) is 3.56. The number of benzene rings is 1. The number of halogens is 1. The van der Waals surface area contributed by atoms with Gasteiger partial charge in [0.2, 0.25) is 0 Å². The van der Waals surface area contributed by atoms with Crippen LogP contribution in [0.2, 0.25) is 5.02 Å². The van der Waals surface area contributed by atoms with E-state index in [4.69, 9.17) is 17.3 Å². The van der Waals surface area contributed by atoms with E-state index in [1.807, 2.05) is 24.3 Å². The fourth-order valence-electron chi connectivity index (χ4n) is 1.69. The number of hydrogen-bond acceptors (Lipinski definition) is 4. The lowest BCUT2D eigenvalue weighted by Gasteiger charge is -2.13. The summed E-state index contributed by atoms with van der Waals surface area (Å²) in [5, 5.41) is 1.66. The van der Waals surface area contributed by atoms with Crippen LogP contribution in [0.5, 0.6) is 0 Å². The summed E-state index contributed by atoms with van der Waals surface area (Å²) in [4.78, 5) is 9.29. The smallest absolute Gasteiger partial charge is 0.116 e. The summed E-state index contributed by atoms with van der Waals surface area (Å²) >= 11 is 7.68. The molecule has 0 aliphatic heterocycles. The zero-order valence-electron chi connectivity index (χ0n) is 10.7. The molecule has 1 heterocycles. The van der Waals surface area contributed by atoms with Crippen molar-refractivity contribution in [1.82, 2.24) is 9.97 Å². The fraction of sp³-hybridized carbons (Fsp3) is 0.286. The molecule has 0 saturated heterocycles. The van der Waals surface area contributed by atoms with Gasteiger partial charge in [-0.1, -0.05) is 30.3 Å². The average Bonchev–Trinajstić information content (AvgIpc) is 2.43. The molecule has 0 fully saturated rings. The predicted molar refractivity (Wildman–Crippen MR) is 79.6 cm³/mol. The SMILES string of the molecule is CCC(N)Cc1cc(Cl)ccc1Sc1ccncn1. The van der Waals surface area contributed by atoms with Crippen molar-refractivity contribution in [3.8, 4) is 0 Å². The molecule has 0 bridgehead atoms. The molecule has 1 aromatic carbocycles. The Morgan fingerprint density at radius 1 is 1.37 bits per heavy atom. The summed E-state index contributed by atoms with van der Waals surface area (Å²) in [5.74, 6) is 0. The van der Waals surface area contributed by atoms with Gasteiger partial charge in [0.25, 0.3) is 0 Å². The molecule has 1 atom stereocenters. The topological polar surface area (TPSA) is 51.8 Å². The first-order chi connectivity index (χ1) is 9.19. The summed E-state index contributed by atoms with van der Waals surface area (Å²) in [7, 11) is 0. The van der Waals surface area contributed by atoms with Crippen molar-refractivity contribution in [3.05, 3.63) is 47.4 Å². The second-order valence-corrected chi connectivity index (χ2v) is 5.77. The van der Waals surface area contributed by atoms with Gasteiger partial charge >= 0.3 is 0 Å². The van der Waals surface area contributed by atoms with Gasteiger partial charge < -0.3 is 5.73 Å². The van der Waals surface area contributed by atoms with E-state index < -0.39 is 0 Å². The molecule has 1 aromatic heterocycles. The van der Waals surface area contributed by atoms with Gasteiger partial charge in [-0.25, -0.2) is 9.97 Å². The summed E-state index contributed by atoms with van der Waals surface area (Å²) in [6, 6.07) is 7.95. The molecule has 0 saturated carbocycles. The molecule has 19 heavy (non-hydrogen) atoms. The minimum atomic E-state index is 0.156. The largest absolute Gasteiger partial charge is 0.327 e. The quantitative estimate of drug-likeness (QED) is 0.857. The number of aromatic nitrogens is 2. The molecule has 0 aliphatic rings. The average molecular weight is 294 g/mol. The number of nitrogens with two attached hydrogens (primary N) is 1.